The summed E-state index contributed by atoms with van der Waals surface area (Å²) in [5, 5.41) is 7.95. The van der Waals surface area contributed by atoms with E-state index in [-0.39, 0.29) is 0 Å². The molecule has 1 aromatic rings. The van der Waals surface area contributed by atoms with Crippen molar-refractivity contribution in [3.8, 4) is 0 Å². The monoisotopic (exact) mass is 384 g/mol. The fraction of sp³-hybridized carbons (Fsp3) is 0.769. The molecule has 1 aromatic carbocycles. The first-order valence-corrected chi connectivity index (χ1v) is 12.2. The Hall–Kier alpha value is -1.18. The van der Waals surface area contributed by atoms with Gasteiger partial charge in [0.15, 0.2) is 0 Å². The quantitative estimate of drug-likeness (QED) is 0.483. The maximum absolute atomic E-state index is 3.97. The largest absolute Gasteiger partial charge is 0.382 e. The average molecular weight is 385 g/mol. The molecule has 2 heteroatoms. The molecule has 0 aromatic heterocycles. The molecule has 0 heterocycles. The van der Waals surface area contributed by atoms with E-state index in [1.54, 1.807) is 0 Å². The third-order valence-corrected chi connectivity index (χ3v) is 6.51. The summed E-state index contributed by atoms with van der Waals surface area (Å²) in [7, 11) is 0. The summed E-state index contributed by atoms with van der Waals surface area (Å²) < 4.78 is 0. The van der Waals surface area contributed by atoms with Gasteiger partial charge in [-0.2, -0.15) is 0 Å². The number of benzene rings is 1. The Kier molecular flexibility index (Phi) is 8.11. The van der Waals surface area contributed by atoms with E-state index in [0.717, 1.165) is 0 Å². The standard InChI is InChI=1S/C26H44N2/c1-19(2)15-21-17-22(16-20(3)4)26(28-24-13-9-6-10-14-24)18-25(21)27-23-11-7-5-8-12-23/h17-20,23-24,27-28H,5-16H2,1-4H3. The normalized spacial score (nSPS) is 19.4. The smallest absolute Gasteiger partial charge is 0.0395 e. The van der Waals surface area contributed by atoms with Crippen LogP contribution in [-0.2, 0) is 12.8 Å². The SMILES string of the molecule is CC(C)Cc1cc(CC(C)C)c(NC2CCCCC2)cc1NC1CCCCC1. The molecule has 3 rings (SSSR count). The van der Waals surface area contributed by atoms with Crippen LogP contribution >= 0.6 is 0 Å². The molecule has 2 fully saturated rings. The van der Waals surface area contributed by atoms with Gasteiger partial charge in [0.25, 0.3) is 0 Å². The maximum atomic E-state index is 3.97. The van der Waals surface area contributed by atoms with E-state index in [4.69, 9.17) is 0 Å². The lowest BCUT2D eigenvalue weighted by atomic mass is 9.91. The zero-order valence-corrected chi connectivity index (χ0v) is 18.9. The van der Waals surface area contributed by atoms with Crippen molar-refractivity contribution in [1.82, 2.24) is 0 Å². The summed E-state index contributed by atoms with van der Waals surface area (Å²) in [5.41, 5.74) is 5.88. The van der Waals surface area contributed by atoms with Crippen LogP contribution in [0.4, 0.5) is 11.4 Å². The van der Waals surface area contributed by atoms with E-state index >= 15 is 0 Å². The molecule has 0 bridgehead atoms. The van der Waals surface area contributed by atoms with Gasteiger partial charge in [-0.25, -0.2) is 0 Å². The van der Waals surface area contributed by atoms with Gasteiger partial charge in [0.1, 0.15) is 0 Å². The molecule has 2 nitrogen and oxygen atoms in total. The summed E-state index contributed by atoms with van der Waals surface area (Å²) in [6.07, 6.45) is 16.0. The minimum atomic E-state index is 0.665. The fourth-order valence-corrected chi connectivity index (χ4v) is 5.12. The molecular formula is C26H44N2. The number of nitrogens with one attached hydrogen (secondary N) is 2. The van der Waals surface area contributed by atoms with Gasteiger partial charge >= 0.3 is 0 Å². The molecule has 158 valence electrons. The van der Waals surface area contributed by atoms with Crippen LogP contribution in [0.3, 0.4) is 0 Å². The predicted molar refractivity (Wildman–Crippen MR) is 125 cm³/mol. The molecule has 2 N–H and O–H groups in total. The van der Waals surface area contributed by atoms with E-state index in [1.165, 1.54) is 99.6 Å². The van der Waals surface area contributed by atoms with Gasteiger partial charge in [0.05, 0.1) is 0 Å². The van der Waals surface area contributed by atoms with Gasteiger partial charge in [-0.3, -0.25) is 0 Å². The maximum Gasteiger partial charge on any atom is 0.0395 e. The van der Waals surface area contributed by atoms with Crippen LogP contribution in [0.5, 0.6) is 0 Å². The Morgan fingerprint density at radius 1 is 0.643 bits per heavy atom. The molecular weight excluding hydrogens is 340 g/mol. The van der Waals surface area contributed by atoms with Gasteiger partial charge in [-0.1, -0.05) is 72.3 Å². The number of hydrogen-bond acceptors (Lipinski definition) is 2. The van der Waals surface area contributed by atoms with Crippen LogP contribution in [0.2, 0.25) is 0 Å². The predicted octanol–water partition coefficient (Wildman–Crippen LogP) is 7.57. The van der Waals surface area contributed by atoms with Crippen LogP contribution in [0.15, 0.2) is 12.1 Å². The van der Waals surface area contributed by atoms with Gasteiger partial charge in [0, 0.05) is 23.5 Å². The van der Waals surface area contributed by atoms with Crippen molar-refractivity contribution >= 4 is 11.4 Å². The van der Waals surface area contributed by atoms with Crippen molar-refractivity contribution in [3.05, 3.63) is 23.3 Å². The van der Waals surface area contributed by atoms with Crippen LogP contribution < -0.4 is 10.6 Å². The average Bonchev–Trinajstić information content (AvgIpc) is 2.66. The zero-order valence-electron chi connectivity index (χ0n) is 18.9. The number of anilines is 2. The van der Waals surface area contributed by atoms with Crippen LogP contribution in [-0.4, -0.2) is 12.1 Å². The lowest BCUT2D eigenvalue weighted by Gasteiger charge is -2.29. The Morgan fingerprint density at radius 2 is 1.04 bits per heavy atom. The van der Waals surface area contributed by atoms with Gasteiger partial charge in [-0.05, 0) is 67.6 Å². The third kappa shape index (κ3) is 6.42. The summed E-state index contributed by atoms with van der Waals surface area (Å²) in [6.45, 7) is 9.39. The van der Waals surface area contributed by atoms with E-state index < -0.39 is 0 Å². The van der Waals surface area contributed by atoms with Crippen molar-refractivity contribution < 1.29 is 0 Å². The van der Waals surface area contributed by atoms with Crippen molar-refractivity contribution in [2.75, 3.05) is 10.6 Å². The molecule has 0 amide bonds. The van der Waals surface area contributed by atoms with Gasteiger partial charge < -0.3 is 10.6 Å². The first-order valence-electron chi connectivity index (χ1n) is 12.2. The van der Waals surface area contributed by atoms with Gasteiger partial charge in [-0.15, -0.1) is 0 Å². The molecule has 0 atom stereocenters. The molecule has 0 spiro atoms. The van der Waals surface area contributed by atoms with E-state index in [2.05, 4.69) is 50.5 Å². The fourth-order valence-electron chi connectivity index (χ4n) is 5.12. The Labute approximate surface area is 174 Å². The minimum Gasteiger partial charge on any atom is -0.382 e. The van der Waals surface area contributed by atoms with E-state index in [9.17, 15) is 0 Å². The second-order valence-corrected chi connectivity index (χ2v) is 10.3. The molecule has 28 heavy (non-hydrogen) atoms. The second-order valence-electron chi connectivity index (χ2n) is 10.3. The van der Waals surface area contributed by atoms with Crippen LogP contribution in [0.25, 0.3) is 0 Å². The second kappa shape index (κ2) is 10.6. The molecule has 2 aliphatic rings. The Balaban J connectivity index is 1.88. The lowest BCUT2D eigenvalue weighted by Crippen LogP contribution is -2.25. The molecule has 2 saturated carbocycles. The Bertz CT molecular complexity index is 543. The molecule has 0 unspecified atom stereocenters. The minimum absolute atomic E-state index is 0.665. The summed E-state index contributed by atoms with van der Waals surface area (Å²) in [6, 6.07) is 6.35. The number of rotatable bonds is 8. The van der Waals surface area contributed by atoms with Crippen molar-refractivity contribution in [3.63, 3.8) is 0 Å². The summed E-state index contributed by atoms with van der Waals surface area (Å²) in [5.74, 6) is 1.38. The highest BCUT2D eigenvalue weighted by atomic mass is 15.0. The highest BCUT2D eigenvalue weighted by Gasteiger charge is 2.20. The molecule has 0 aliphatic heterocycles. The van der Waals surface area contributed by atoms with Crippen LogP contribution in [0.1, 0.15) is 103 Å². The zero-order chi connectivity index (χ0) is 19.9. The van der Waals surface area contributed by atoms with E-state index in [1.807, 2.05) is 0 Å². The highest BCUT2D eigenvalue weighted by molar-refractivity contribution is 5.66. The topological polar surface area (TPSA) is 24.1 Å². The first-order chi connectivity index (χ1) is 13.5. The Morgan fingerprint density at radius 3 is 1.39 bits per heavy atom. The van der Waals surface area contributed by atoms with Crippen molar-refractivity contribution in [1.29, 1.82) is 0 Å². The first kappa shape index (κ1) is 21.5. The summed E-state index contributed by atoms with van der Waals surface area (Å²) in [4.78, 5) is 0. The van der Waals surface area contributed by atoms with Crippen LogP contribution in [0, 0.1) is 11.8 Å². The molecule has 0 saturated heterocycles. The van der Waals surface area contributed by atoms with Crippen molar-refractivity contribution in [2.24, 2.45) is 11.8 Å². The molecule has 0 radical (unpaired) electrons. The lowest BCUT2D eigenvalue weighted by molar-refractivity contribution is 0.461. The third-order valence-electron chi connectivity index (χ3n) is 6.51. The summed E-state index contributed by atoms with van der Waals surface area (Å²) >= 11 is 0. The number of hydrogen-bond donors (Lipinski definition) is 2. The molecule has 2 aliphatic carbocycles. The van der Waals surface area contributed by atoms with Gasteiger partial charge in [0.2, 0.25) is 0 Å². The van der Waals surface area contributed by atoms with Crippen molar-refractivity contribution in [2.45, 2.75) is 117 Å². The highest BCUT2D eigenvalue weighted by Crippen LogP contribution is 2.33. The van der Waals surface area contributed by atoms with E-state index in [0.29, 0.717) is 23.9 Å².